The topological polar surface area (TPSA) is 65.5 Å². The Kier molecular flexibility index (Phi) is 8.66. The molecule has 0 saturated heterocycles. The molecule has 1 amide bonds. The summed E-state index contributed by atoms with van der Waals surface area (Å²) in [5.41, 5.74) is 0.868. The van der Waals surface area contributed by atoms with Crippen molar-refractivity contribution in [2.75, 3.05) is 26.7 Å². The number of hydrogen-bond acceptors (Lipinski definition) is 2. The van der Waals surface area contributed by atoms with Crippen molar-refractivity contribution in [1.82, 2.24) is 16.0 Å². The summed E-state index contributed by atoms with van der Waals surface area (Å²) in [6, 6.07) is 8.10. The van der Waals surface area contributed by atoms with Crippen LogP contribution in [0.2, 0.25) is 5.02 Å². The van der Waals surface area contributed by atoms with Crippen molar-refractivity contribution in [2.24, 2.45) is 10.4 Å². The zero-order valence-electron chi connectivity index (χ0n) is 16.0. The van der Waals surface area contributed by atoms with Crippen molar-refractivity contribution in [3.63, 3.8) is 0 Å². The van der Waals surface area contributed by atoms with Crippen molar-refractivity contribution >= 4 is 47.4 Å². The quantitative estimate of drug-likeness (QED) is 0.311. The Hall–Kier alpha value is -1.02. The molecule has 5 nitrogen and oxygen atoms in total. The molecule has 7 heteroatoms. The van der Waals surface area contributed by atoms with Gasteiger partial charge in [-0.1, -0.05) is 23.7 Å². The van der Waals surface area contributed by atoms with E-state index >= 15 is 0 Å². The summed E-state index contributed by atoms with van der Waals surface area (Å²) in [5.74, 6) is 0.734. The fraction of sp³-hybridized carbons (Fsp3) is 0.579. The van der Waals surface area contributed by atoms with E-state index in [2.05, 4.69) is 33.1 Å². The Morgan fingerprint density at radius 1 is 1.31 bits per heavy atom. The van der Waals surface area contributed by atoms with Crippen molar-refractivity contribution in [3.05, 3.63) is 34.9 Å². The minimum absolute atomic E-state index is 0. The first-order chi connectivity index (χ1) is 11.8. The van der Waals surface area contributed by atoms with Crippen molar-refractivity contribution in [1.29, 1.82) is 0 Å². The van der Waals surface area contributed by atoms with Gasteiger partial charge in [0.25, 0.3) is 0 Å². The van der Waals surface area contributed by atoms with Crippen LogP contribution in [0.5, 0.6) is 0 Å². The van der Waals surface area contributed by atoms with Gasteiger partial charge >= 0.3 is 0 Å². The van der Waals surface area contributed by atoms with Gasteiger partial charge in [0, 0.05) is 30.6 Å². The van der Waals surface area contributed by atoms with E-state index in [9.17, 15) is 4.79 Å². The Labute approximate surface area is 178 Å². The van der Waals surface area contributed by atoms with E-state index in [0.717, 1.165) is 36.9 Å². The molecule has 1 aliphatic carbocycles. The molecule has 146 valence electrons. The third-order valence-electron chi connectivity index (χ3n) is 4.70. The Morgan fingerprint density at radius 3 is 2.54 bits per heavy atom. The molecule has 0 bridgehead atoms. The molecule has 0 heterocycles. The third kappa shape index (κ3) is 6.01. The fourth-order valence-corrected chi connectivity index (χ4v) is 3.01. The molecule has 1 aromatic carbocycles. The number of rotatable bonds is 7. The molecule has 1 aliphatic rings. The second kappa shape index (κ2) is 9.78. The maximum absolute atomic E-state index is 11.9. The van der Waals surface area contributed by atoms with Gasteiger partial charge in [0.05, 0.1) is 12.0 Å². The van der Waals surface area contributed by atoms with E-state index < -0.39 is 5.41 Å². The van der Waals surface area contributed by atoms with Gasteiger partial charge in [-0.15, -0.1) is 24.0 Å². The fourth-order valence-electron chi connectivity index (χ4n) is 2.82. The molecule has 1 aromatic rings. The number of benzene rings is 1. The summed E-state index contributed by atoms with van der Waals surface area (Å²) >= 11 is 6.14. The molecule has 0 atom stereocenters. The summed E-state index contributed by atoms with van der Waals surface area (Å²) in [6.07, 6.45) is 2.28. The van der Waals surface area contributed by atoms with E-state index in [1.54, 1.807) is 7.05 Å². The predicted molar refractivity (Wildman–Crippen MR) is 120 cm³/mol. The zero-order valence-corrected chi connectivity index (χ0v) is 19.1. The first-order valence-corrected chi connectivity index (χ1v) is 9.21. The standard InChI is InChI=1S/C19H29ClN4O.HI/c1-5-22-17(23-12-18(2,3)16(25)21-4)24-13-19(9-10-19)14-7-6-8-15(20)11-14;/h6-8,11H,5,9-10,12-13H2,1-4H3,(H,21,25)(H2,22,23,24);1H. The van der Waals surface area contributed by atoms with Gasteiger partial charge in [0.2, 0.25) is 5.91 Å². The van der Waals surface area contributed by atoms with Crippen LogP contribution in [0.25, 0.3) is 0 Å². The molecule has 0 aromatic heterocycles. The lowest BCUT2D eigenvalue weighted by Gasteiger charge is -2.22. The van der Waals surface area contributed by atoms with E-state index in [0.29, 0.717) is 6.54 Å². The molecule has 0 spiro atoms. The molecule has 2 rings (SSSR count). The average Bonchev–Trinajstić information content (AvgIpc) is 3.38. The number of carbonyl (C=O) groups excluding carboxylic acids is 1. The number of nitrogens with zero attached hydrogens (tertiary/aromatic N) is 1. The van der Waals surface area contributed by atoms with Crippen molar-refractivity contribution in [3.8, 4) is 0 Å². The van der Waals surface area contributed by atoms with Crippen LogP contribution in [0.4, 0.5) is 0 Å². The van der Waals surface area contributed by atoms with Crippen LogP contribution < -0.4 is 16.0 Å². The lowest BCUT2D eigenvalue weighted by Crippen LogP contribution is -2.43. The minimum Gasteiger partial charge on any atom is -0.359 e. The smallest absolute Gasteiger partial charge is 0.227 e. The third-order valence-corrected chi connectivity index (χ3v) is 4.94. The van der Waals surface area contributed by atoms with Crippen LogP contribution in [-0.2, 0) is 10.2 Å². The predicted octanol–water partition coefficient (Wildman–Crippen LogP) is 3.32. The highest BCUT2D eigenvalue weighted by molar-refractivity contribution is 14.0. The minimum atomic E-state index is -0.540. The molecule has 1 fully saturated rings. The summed E-state index contributed by atoms with van der Waals surface area (Å²) in [6.45, 7) is 7.83. The van der Waals surface area contributed by atoms with Gasteiger partial charge in [0.1, 0.15) is 0 Å². The second-order valence-electron chi connectivity index (χ2n) is 7.30. The molecule has 1 saturated carbocycles. The highest BCUT2D eigenvalue weighted by Crippen LogP contribution is 2.48. The van der Waals surface area contributed by atoms with Crippen LogP contribution >= 0.6 is 35.6 Å². The van der Waals surface area contributed by atoms with Crippen LogP contribution in [0.3, 0.4) is 0 Å². The monoisotopic (exact) mass is 492 g/mol. The van der Waals surface area contributed by atoms with Crippen LogP contribution in [0, 0.1) is 5.41 Å². The molecule has 3 N–H and O–H groups in total. The van der Waals surface area contributed by atoms with Crippen molar-refractivity contribution < 1.29 is 4.79 Å². The molecular weight excluding hydrogens is 463 g/mol. The average molecular weight is 493 g/mol. The van der Waals surface area contributed by atoms with E-state index in [4.69, 9.17) is 11.6 Å². The molecule has 0 radical (unpaired) electrons. The van der Waals surface area contributed by atoms with Gasteiger partial charge in [0.15, 0.2) is 5.96 Å². The van der Waals surface area contributed by atoms with E-state index in [1.165, 1.54) is 5.56 Å². The summed E-state index contributed by atoms with van der Waals surface area (Å²) < 4.78 is 0. The number of carbonyl (C=O) groups is 1. The first-order valence-electron chi connectivity index (χ1n) is 8.83. The number of halogens is 2. The Balaban J connectivity index is 0.00000338. The van der Waals surface area contributed by atoms with Crippen molar-refractivity contribution in [2.45, 2.75) is 39.0 Å². The van der Waals surface area contributed by atoms with E-state index in [1.807, 2.05) is 32.9 Å². The first kappa shape index (κ1) is 23.0. The van der Waals surface area contributed by atoms with Crippen LogP contribution in [0.15, 0.2) is 29.3 Å². The molecular formula is C19H30ClIN4O. The molecule has 0 aliphatic heterocycles. The largest absolute Gasteiger partial charge is 0.359 e. The second-order valence-corrected chi connectivity index (χ2v) is 7.74. The summed E-state index contributed by atoms with van der Waals surface area (Å²) in [7, 11) is 1.65. The zero-order chi connectivity index (χ0) is 18.5. The van der Waals surface area contributed by atoms with Gasteiger partial charge in [-0.2, -0.15) is 0 Å². The Bertz CT molecular complexity index is 644. The number of amides is 1. The number of nitrogens with one attached hydrogen (secondary N) is 3. The molecule has 26 heavy (non-hydrogen) atoms. The van der Waals surface area contributed by atoms with Gasteiger partial charge in [-0.25, -0.2) is 0 Å². The maximum atomic E-state index is 11.9. The lowest BCUT2D eigenvalue weighted by molar-refractivity contribution is -0.128. The number of guanidine groups is 1. The Morgan fingerprint density at radius 2 is 2.00 bits per heavy atom. The van der Waals surface area contributed by atoms with Gasteiger partial charge < -0.3 is 16.0 Å². The molecule has 0 unspecified atom stereocenters. The number of hydrogen-bond donors (Lipinski definition) is 3. The van der Waals surface area contributed by atoms with Gasteiger partial charge in [-0.05, 0) is 51.3 Å². The van der Waals surface area contributed by atoms with Crippen LogP contribution in [0.1, 0.15) is 39.2 Å². The summed E-state index contributed by atoms with van der Waals surface area (Å²) in [4.78, 5) is 16.5. The normalized spacial score (nSPS) is 15.7. The maximum Gasteiger partial charge on any atom is 0.227 e. The highest BCUT2D eigenvalue weighted by atomic mass is 127. The van der Waals surface area contributed by atoms with Gasteiger partial charge in [-0.3, -0.25) is 9.79 Å². The van der Waals surface area contributed by atoms with Crippen LogP contribution in [-0.4, -0.2) is 38.5 Å². The SMILES string of the molecule is CCNC(=NCC(C)(C)C(=O)NC)NCC1(c2cccc(Cl)c2)CC1.I. The van der Waals surface area contributed by atoms with E-state index in [-0.39, 0.29) is 35.3 Å². The highest BCUT2D eigenvalue weighted by Gasteiger charge is 2.44. The number of aliphatic imine (C=N–C) groups is 1. The summed E-state index contributed by atoms with van der Waals surface area (Å²) in [5, 5.41) is 10.2. The lowest BCUT2D eigenvalue weighted by atomic mass is 9.93.